The van der Waals surface area contributed by atoms with E-state index in [2.05, 4.69) is 24.1 Å². The van der Waals surface area contributed by atoms with Crippen LogP contribution < -0.4 is 14.8 Å². The quantitative estimate of drug-likeness (QED) is 0.743. The molecule has 0 saturated carbocycles. The molecule has 0 aliphatic carbocycles. The fourth-order valence-electron chi connectivity index (χ4n) is 3.47. The highest BCUT2D eigenvalue weighted by molar-refractivity contribution is 5.85. The van der Waals surface area contributed by atoms with Gasteiger partial charge in [0.2, 0.25) is 5.91 Å². The number of benzene rings is 1. The van der Waals surface area contributed by atoms with Gasteiger partial charge >= 0.3 is 0 Å². The number of amides is 1. The zero-order chi connectivity index (χ0) is 18.4. The number of rotatable bonds is 8. The fourth-order valence-corrected chi connectivity index (χ4v) is 3.47. The van der Waals surface area contributed by atoms with Gasteiger partial charge in [-0.25, -0.2) is 0 Å². The molecule has 1 aliphatic rings. The van der Waals surface area contributed by atoms with Crippen molar-refractivity contribution in [1.82, 2.24) is 10.2 Å². The average Bonchev–Trinajstić information content (AvgIpc) is 2.97. The molecule has 2 rings (SSSR count). The lowest BCUT2D eigenvalue weighted by atomic mass is 9.91. The first-order chi connectivity index (χ1) is 12.0. The number of nitrogens with one attached hydrogen (secondary N) is 1. The Hall–Kier alpha value is -1.50. The van der Waals surface area contributed by atoms with Gasteiger partial charge in [-0.1, -0.05) is 13.8 Å². The van der Waals surface area contributed by atoms with Crippen molar-refractivity contribution < 1.29 is 19.0 Å². The molecule has 0 bridgehead atoms. The van der Waals surface area contributed by atoms with E-state index >= 15 is 0 Å². The Morgan fingerprint density at radius 1 is 1.15 bits per heavy atom. The molecule has 2 atom stereocenters. The number of ether oxygens (including phenoxy) is 3. The van der Waals surface area contributed by atoms with Crippen molar-refractivity contribution in [3.63, 3.8) is 0 Å². The highest BCUT2D eigenvalue weighted by Gasteiger charge is 2.35. The average molecular weight is 387 g/mol. The molecule has 1 aromatic rings. The lowest BCUT2D eigenvalue weighted by Gasteiger charge is -2.22. The standard InChI is InChI=1S/C19H30N2O4.ClH/c1-13(2)17-10-21(11-18(17)20-19(22)12-23-3)9-14-6-15(24-4)8-16(7-14)25-5;/h6-8,13,17-18H,9-12H2,1-5H3,(H,20,22);1H/t17-,18+;/m1./s1. The van der Waals surface area contributed by atoms with Gasteiger partial charge < -0.3 is 19.5 Å². The first-order valence-electron chi connectivity index (χ1n) is 8.69. The maximum Gasteiger partial charge on any atom is 0.246 e. The number of carbonyl (C=O) groups is 1. The smallest absolute Gasteiger partial charge is 0.246 e. The molecule has 1 amide bonds. The van der Waals surface area contributed by atoms with E-state index in [1.54, 1.807) is 14.2 Å². The summed E-state index contributed by atoms with van der Waals surface area (Å²) in [6, 6.07) is 6.08. The van der Waals surface area contributed by atoms with Gasteiger partial charge in [-0.3, -0.25) is 9.69 Å². The maximum absolute atomic E-state index is 11.9. The van der Waals surface area contributed by atoms with Gasteiger partial charge in [0.05, 0.1) is 14.2 Å². The van der Waals surface area contributed by atoms with Crippen LogP contribution in [0.5, 0.6) is 11.5 Å². The van der Waals surface area contributed by atoms with Crippen molar-refractivity contribution in [1.29, 1.82) is 0 Å². The van der Waals surface area contributed by atoms with Gasteiger partial charge in [-0.2, -0.15) is 0 Å². The predicted molar refractivity (Wildman–Crippen MR) is 104 cm³/mol. The summed E-state index contributed by atoms with van der Waals surface area (Å²) >= 11 is 0. The van der Waals surface area contributed by atoms with Crippen molar-refractivity contribution in [3.8, 4) is 11.5 Å². The summed E-state index contributed by atoms with van der Waals surface area (Å²) in [5.41, 5.74) is 1.14. The molecular formula is C19H31ClN2O4. The Morgan fingerprint density at radius 3 is 2.27 bits per heavy atom. The molecule has 1 saturated heterocycles. The highest BCUT2D eigenvalue weighted by Crippen LogP contribution is 2.28. The summed E-state index contributed by atoms with van der Waals surface area (Å²) in [4.78, 5) is 14.3. The van der Waals surface area contributed by atoms with E-state index in [0.29, 0.717) is 11.8 Å². The second-order valence-corrected chi connectivity index (χ2v) is 6.93. The molecule has 0 radical (unpaired) electrons. The molecule has 1 aromatic carbocycles. The topological polar surface area (TPSA) is 60.0 Å². The molecule has 1 aliphatic heterocycles. The highest BCUT2D eigenvalue weighted by atomic mass is 35.5. The van der Waals surface area contributed by atoms with Gasteiger partial charge in [0, 0.05) is 38.9 Å². The summed E-state index contributed by atoms with van der Waals surface area (Å²) in [5, 5.41) is 3.12. The van der Waals surface area contributed by atoms with Gasteiger partial charge in [-0.15, -0.1) is 12.4 Å². The molecule has 0 aromatic heterocycles. The van der Waals surface area contributed by atoms with Crippen LogP contribution in [-0.2, 0) is 16.1 Å². The predicted octanol–water partition coefficient (Wildman–Crippen LogP) is 2.34. The lowest BCUT2D eigenvalue weighted by Crippen LogP contribution is -2.43. The molecule has 1 N–H and O–H groups in total. The second kappa shape index (κ2) is 10.6. The van der Waals surface area contributed by atoms with Gasteiger partial charge in [0.25, 0.3) is 0 Å². The van der Waals surface area contributed by atoms with Crippen LogP contribution in [0.3, 0.4) is 0 Å². The Labute approximate surface area is 162 Å². The van der Waals surface area contributed by atoms with Crippen molar-refractivity contribution in [2.45, 2.75) is 26.4 Å². The zero-order valence-electron chi connectivity index (χ0n) is 16.3. The lowest BCUT2D eigenvalue weighted by molar-refractivity contribution is -0.125. The molecule has 148 valence electrons. The van der Waals surface area contributed by atoms with E-state index < -0.39 is 0 Å². The van der Waals surface area contributed by atoms with Crippen LogP contribution in [0, 0.1) is 11.8 Å². The van der Waals surface area contributed by atoms with Crippen molar-refractivity contribution in [2.24, 2.45) is 11.8 Å². The number of carbonyl (C=O) groups excluding carboxylic acids is 1. The SMILES string of the molecule is COCC(=O)N[C@H]1CN(Cc2cc(OC)cc(OC)c2)C[C@@H]1C(C)C.Cl. The summed E-state index contributed by atoms with van der Waals surface area (Å²) in [6.45, 7) is 7.10. The van der Waals surface area contributed by atoms with Crippen LogP contribution >= 0.6 is 12.4 Å². The Morgan fingerprint density at radius 2 is 1.77 bits per heavy atom. The zero-order valence-corrected chi connectivity index (χ0v) is 17.1. The van der Waals surface area contributed by atoms with Gasteiger partial charge in [0.1, 0.15) is 18.1 Å². The van der Waals surface area contributed by atoms with Crippen LogP contribution in [0.15, 0.2) is 18.2 Å². The van der Waals surface area contributed by atoms with Gasteiger partial charge in [-0.05, 0) is 29.5 Å². The maximum atomic E-state index is 11.9. The normalized spacial score (nSPS) is 19.9. The molecule has 1 fully saturated rings. The monoisotopic (exact) mass is 386 g/mol. The van der Waals surface area contributed by atoms with E-state index in [-0.39, 0.29) is 31.0 Å². The van der Waals surface area contributed by atoms with Crippen molar-refractivity contribution in [3.05, 3.63) is 23.8 Å². The molecule has 0 spiro atoms. The minimum Gasteiger partial charge on any atom is -0.497 e. The summed E-state index contributed by atoms with van der Waals surface area (Å²) in [7, 11) is 4.85. The Kier molecular flexibility index (Phi) is 9.19. The Balaban J connectivity index is 0.00000338. The summed E-state index contributed by atoms with van der Waals surface area (Å²) in [5.74, 6) is 2.45. The summed E-state index contributed by atoms with van der Waals surface area (Å²) in [6.07, 6.45) is 0. The third-order valence-electron chi connectivity index (χ3n) is 4.74. The van der Waals surface area contributed by atoms with Crippen molar-refractivity contribution >= 4 is 18.3 Å². The van der Waals surface area contributed by atoms with E-state index in [1.807, 2.05) is 18.2 Å². The van der Waals surface area contributed by atoms with E-state index in [4.69, 9.17) is 14.2 Å². The van der Waals surface area contributed by atoms with Crippen LogP contribution in [0.25, 0.3) is 0 Å². The number of likely N-dealkylation sites (tertiary alicyclic amines) is 1. The second-order valence-electron chi connectivity index (χ2n) is 6.93. The minimum absolute atomic E-state index is 0. The fraction of sp³-hybridized carbons (Fsp3) is 0.632. The van der Waals surface area contributed by atoms with E-state index in [9.17, 15) is 4.79 Å². The third kappa shape index (κ3) is 6.04. The number of hydrogen-bond donors (Lipinski definition) is 1. The van der Waals surface area contributed by atoms with E-state index in [1.165, 1.54) is 7.11 Å². The Bertz CT molecular complexity index is 560. The molecule has 0 unspecified atom stereocenters. The third-order valence-corrected chi connectivity index (χ3v) is 4.74. The first kappa shape index (κ1) is 22.5. The number of methoxy groups -OCH3 is 3. The van der Waals surface area contributed by atoms with Gasteiger partial charge in [0.15, 0.2) is 0 Å². The van der Waals surface area contributed by atoms with Crippen LogP contribution in [0.1, 0.15) is 19.4 Å². The van der Waals surface area contributed by atoms with Crippen molar-refractivity contribution in [2.75, 3.05) is 41.0 Å². The number of halogens is 1. The van der Waals surface area contributed by atoms with Crippen LogP contribution in [0.4, 0.5) is 0 Å². The minimum atomic E-state index is -0.0527. The molecule has 6 nitrogen and oxygen atoms in total. The molecule has 1 heterocycles. The molecule has 7 heteroatoms. The summed E-state index contributed by atoms with van der Waals surface area (Å²) < 4.78 is 15.6. The number of nitrogens with zero attached hydrogens (tertiary/aromatic N) is 1. The van der Waals surface area contributed by atoms with E-state index in [0.717, 1.165) is 36.7 Å². The molecule has 26 heavy (non-hydrogen) atoms. The number of hydrogen-bond acceptors (Lipinski definition) is 5. The van der Waals surface area contributed by atoms with Crippen LogP contribution in [0.2, 0.25) is 0 Å². The van der Waals surface area contributed by atoms with Crippen LogP contribution in [-0.4, -0.2) is 57.9 Å². The first-order valence-corrected chi connectivity index (χ1v) is 8.69. The largest absolute Gasteiger partial charge is 0.497 e. The molecular weight excluding hydrogens is 356 g/mol.